The fourth-order valence-corrected chi connectivity index (χ4v) is 5.58. The molecule has 5 rings (SSSR count). The van der Waals surface area contributed by atoms with Gasteiger partial charge in [0.1, 0.15) is 5.82 Å². The maximum Gasteiger partial charge on any atom is 0.297 e. The summed E-state index contributed by atoms with van der Waals surface area (Å²) < 4.78 is 50.9. The summed E-state index contributed by atoms with van der Waals surface area (Å²) in [5.41, 5.74) is 5.22. The van der Waals surface area contributed by atoms with Crippen LogP contribution in [0.3, 0.4) is 0 Å². The van der Waals surface area contributed by atoms with E-state index in [0.29, 0.717) is 6.42 Å². The van der Waals surface area contributed by atoms with Gasteiger partial charge in [0, 0.05) is 5.92 Å². The van der Waals surface area contributed by atoms with E-state index < -0.39 is 16.2 Å². The first-order valence-corrected chi connectivity index (χ1v) is 11.8. The monoisotopic (exact) mass is 438 g/mol. The molecule has 1 heterocycles. The molecule has 1 aliphatic carbocycles. The molecule has 0 aromatic heterocycles. The first-order valence-electron chi connectivity index (χ1n) is 10.4. The van der Waals surface area contributed by atoms with Crippen LogP contribution in [0.25, 0.3) is 0 Å². The molecule has 0 saturated carbocycles. The lowest BCUT2D eigenvalue weighted by atomic mass is 9.87. The highest BCUT2D eigenvalue weighted by Gasteiger charge is 2.41. The highest BCUT2D eigenvalue weighted by molar-refractivity contribution is 7.86. The molecule has 1 aliphatic heterocycles. The smallest absolute Gasteiger partial charge is 0.297 e. The Morgan fingerprint density at radius 2 is 1.74 bits per heavy atom. The van der Waals surface area contributed by atoms with E-state index in [1.54, 1.807) is 30.3 Å². The number of ether oxygens (including phenoxy) is 1. The minimum absolute atomic E-state index is 0.0231. The molecule has 1 saturated heterocycles. The average molecular weight is 439 g/mol. The molecule has 0 amide bonds. The first kappa shape index (κ1) is 20.4. The molecule has 31 heavy (non-hydrogen) atoms. The zero-order chi connectivity index (χ0) is 21.6. The van der Waals surface area contributed by atoms with Crippen molar-refractivity contribution in [2.24, 2.45) is 0 Å². The van der Waals surface area contributed by atoms with E-state index in [2.05, 4.69) is 12.1 Å². The zero-order valence-electron chi connectivity index (χ0n) is 17.1. The summed E-state index contributed by atoms with van der Waals surface area (Å²) in [5.74, 6) is -0.274. The van der Waals surface area contributed by atoms with Crippen LogP contribution in [-0.4, -0.2) is 21.1 Å². The van der Waals surface area contributed by atoms with Crippen molar-refractivity contribution < 1.29 is 21.7 Å². The predicted molar refractivity (Wildman–Crippen MR) is 115 cm³/mol. The number of aryl methyl sites for hydroxylation is 1. The van der Waals surface area contributed by atoms with E-state index >= 15 is 0 Å². The Hall–Kier alpha value is -2.54. The summed E-state index contributed by atoms with van der Waals surface area (Å²) in [6.45, 7) is 1.82. The topological polar surface area (TPSA) is 52.6 Å². The summed E-state index contributed by atoms with van der Waals surface area (Å²) in [6, 6.07) is 19.6. The van der Waals surface area contributed by atoms with Gasteiger partial charge in [-0.05, 0) is 66.3 Å². The van der Waals surface area contributed by atoms with Gasteiger partial charge in [-0.2, -0.15) is 8.42 Å². The van der Waals surface area contributed by atoms with Crippen molar-refractivity contribution >= 4 is 10.1 Å². The van der Waals surface area contributed by atoms with Gasteiger partial charge in [0.25, 0.3) is 10.1 Å². The highest BCUT2D eigenvalue weighted by Crippen LogP contribution is 2.49. The summed E-state index contributed by atoms with van der Waals surface area (Å²) in [7, 11) is -3.87. The van der Waals surface area contributed by atoms with Crippen LogP contribution in [0.4, 0.5) is 4.39 Å². The van der Waals surface area contributed by atoms with Gasteiger partial charge in [0.15, 0.2) is 0 Å². The number of benzene rings is 3. The Morgan fingerprint density at radius 3 is 2.55 bits per heavy atom. The van der Waals surface area contributed by atoms with Gasteiger partial charge in [0.2, 0.25) is 0 Å². The SMILES string of the molecule is Cc1ccc(S(=O)(=O)OCC2CC3c4ccccc4Cc4ccc(F)cc4C3O2)cc1. The van der Waals surface area contributed by atoms with Crippen LogP contribution < -0.4 is 0 Å². The summed E-state index contributed by atoms with van der Waals surface area (Å²) >= 11 is 0. The van der Waals surface area contributed by atoms with E-state index in [0.717, 1.165) is 23.1 Å². The van der Waals surface area contributed by atoms with Crippen LogP contribution in [0, 0.1) is 12.7 Å². The maximum absolute atomic E-state index is 14.1. The van der Waals surface area contributed by atoms with Gasteiger partial charge in [-0.3, -0.25) is 4.18 Å². The molecule has 4 nitrogen and oxygen atoms in total. The summed E-state index contributed by atoms with van der Waals surface area (Å²) in [6.07, 6.45) is 0.606. The summed E-state index contributed by atoms with van der Waals surface area (Å²) in [5, 5.41) is 0. The van der Waals surface area contributed by atoms with Crippen LogP contribution in [0.1, 0.15) is 46.3 Å². The van der Waals surface area contributed by atoms with Crippen molar-refractivity contribution in [3.8, 4) is 0 Å². The lowest BCUT2D eigenvalue weighted by Gasteiger charge is -2.19. The Morgan fingerprint density at radius 1 is 1.00 bits per heavy atom. The molecule has 2 aliphatic rings. The number of fused-ring (bicyclic) bond motifs is 5. The fourth-order valence-electron chi connectivity index (χ4n) is 4.64. The molecule has 0 N–H and O–H groups in total. The third kappa shape index (κ3) is 3.91. The second-order valence-electron chi connectivity index (χ2n) is 8.29. The Bertz CT molecular complexity index is 1220. The lowest BCUT2D eigenvalue weighted by Crippen LogP contribution is -2.19. The van der Waals surface area contributed by atoms with Crippen LogP contribution in [-0.2, 0) is 25.5 Å². The predicted octanol–water partition coefficient (Wildman–Crippen LogP) is 5.06. The largest absolute Gasteiger partial charge is 0.367 e. The van der Waals surface area contributed by atoms with Crippen molar-refractivity contribution in [1.29, 1.82) is 0 Å². The van der Waals surface area contributed by atoms with E-state index in [9.17, 15) is 12.8 Å². The molecular weight excluding hydrogens is 415 g/mol. The molecule has 0 radical (unpaired) electrons. The van der Waals surface area contributed by atoms with E-state index in [1.165, 1.54) is 17.2 Å². The third-order valence-electron chi connectivity index (χ3n) is 6.19. The number of hydrogen-bond acceptors (Lipinski definition) is 4. The Labute approximate surface area is 181 Å². The number of rotatable bonds is 4. The van der Waals surface area contributed by atoms with Crippen molar-refractivity contribution in [2.75, 3.05) is 6.61 Å². The zero-order valence-corrected chi connectivity index (χ0v) is 17.9. The molecule has 0 spiro atoms. The second-order valence-corrected chi connectivity index (χ2v) is 9.91. The summed E-state index contributed by atoms with van der Waals surface area (Å²) in [4.78, 5) is 0.128. The van der Waals surface area contributed by atoms with Gasteiger partial charge >= 0.3 is 0 Å². The molecule has 6 heteroatoms. The number of halogens is 1. The molecule has 0 bridgehead atoms. The van der Waals surface area contributed by atoms with Crippen LogP contribution in [0.2, 0.25) is 0 Å². The van der Waals surface area contributed by atoms with Gasteiger partial charge < -0.3 is 4.74 Å². The number of hydrogen-bond donors (Lipinski definition) is 0. The standard InChI is InChI=1S/C25H23FO4S/c1-16-6-10-21(11-7-16)31(27,28)29-15-20-14-24-22-5-3-2-4-17(22)12-18-8-9-19(26)13-23(18)25(24)30-20/h2-11,13,20,24-25H,12,14-15H2,1H3. The van der Waals surface area contributed by atoms with Gasteiger partial charge in [0.05, 0.1) is 23.7 Å². The van der Waals surface area contributed by atoms with Crippen molar-refractivity contribution in [2.45, 2.75) is 42.8 Å². The average Bonchev–Trinajstić information content (AvgIpc) is 3.13. The normalized spacial score (nSPS) is 22.3. The third-order valence-corrected chi connectivity index (χ3v) is 7.49. The molecule has 3 atom stereocenters. The molecule has 1 fully saturated rings. The fraction of sp³-hybridized carbons (Fsp3) is 0.280. The first-order chi connectivity index (χ1) is 14.9. The lowest BCUT2D eigenvalue weighted by molar-refractivity contribution is 0.0156. The van der Waals surface area contributed by atoms with E-state index in [1.807, 2.05) is 25.1 Å². The Balaban J connectivity index is 1.41. The highest BCUT2D eigenvalue weighted by atomic mass is 32.2. The van der Waals surface area contributed by atoms with Crippen LogP contribution in [0.15, 0.2) is 71.6 Å². The van der Waals surface area contributed by atoms with Crippen LogP contribution in [0.5, 0.6) is 0 Å². The van der Waals surface area contributed by atoms with E-state index in [-0.39, 0.29) is 29.3 Å². The minimum atomic E-state index is -3.87. The van der Waals surface area contributed by atoms with Crippen molar-refractivity contribution in [1.82, 2.24) is 0 Å². The molecule has 3 aromatic rings. The molecule has 160 valence electrons. The van der Waals surface area contributed by atoms with Gasteiger partial charge in [-0.25, -0.2) is 4.39 Å². The van der Waals surface area contributed by atoms with Crippen molar-refractivity contribution in [3.63, 3.8) is 0 Å². The quantitative estimate of drug-likeness (QED) is 0.535. The van der Waals surface area contributed by atoms with Crippen LogP contribution >= 0.6 is 0 Å². The molecule has 3 unspecified atom stereocenters. The molecule has 3 aromatic carbocycles. The second kappa shape index (κ2) is 7.86. The van der Waals surface area contributed by atoms with Gasteiger partial charge in [-0.15, -0.1) is 0 Å². The molecular formula is C25H23FO4S. The van der Waals surface area contributed by atoms with Gasteiger partial charge in [-0.1, -0.05) is 48.0 Å². The minimum Gasteiger partial charge on any atom is -0.367 e. The van der Waals surface area contributed by atoms with E-state index in [4.69, 9.17) is 8.92 Å². The van der Waals surface area contributed by atoms with Crippen molar-refractivity contribution in [3.05, 3.63) is 100 Å². The Kier molecular flexibility index (Phi) is 5.16. The maximum atomic E-state index is 14.1.